The van der Waals surface area contributed by atoms with Gasteiger partial charge in [-0.25, -0.2) is 4.79 Å². The SMILES string of the molecule is O=C(O)c1cnn(CCC(=O)N2CCN(Cc3cccc(Br)c3)CC2)c1. The molecule has 1 aromatic heterocycles. The van der Waals surface area contributed by atoms with Crippen LogP contribution in [0.15, 0.2) is 41.1 Å². The lowest BCUT2D eigenvalue weighted by Crippen LogP contribution is -2.48. The second kappa shape index (κ2) is 8.46. The molecule has 0 radical (unpaired) electrons. The molecule has 7 nitrogen and oxygen atoms in total. The number of nitrogens with zero attached hydrogens (tertiary/aromatic N) is 4. The summed E-state index contributed by atoms with van der Waals surface area (Å²) in [4.78, 5) is 27.4. The van der Waals surface area contributed by atoms with Gasteiger partial charge in [0.15, 0.2) is 0 Å². The third-order valence-electron chi connectivity index (χ3n) is 4.46. The lowest BCUT2D eigenvalue weighted by atomic mass is 10.2. The predicted molar refractivity (Wildman–Crippen MR) is 99.8 cm³/mol. The molecule has 1 aliphatic heterocycles. The Morgan fingerprint density at radius 1 is 1.19 bits per heavy atom. The summed E-state index contributed by atoms with van der Waals surface area (Å²) in [6, 6.07) is 8.27. The Kier molecular flexibility index (Phi) is 6.05. The molecule has 1 amide bonds. The Bertz CT molecular complexity index is 784. The highest BCUT2D eigenvalue weighted by Crippen LogP contribution is 2.15. The molecule has 0 spiro atoms. The topological polar surface area (TPSA) is 78.7 Å². The van der Waals surface area contributed by atoms with Gasteiger partial charge in [0.1, 0.15) is 0 Å². The number of rotatable bonds is 6. The highest BCUT2D eigenvalue weighted by Gasteiger charge is 2.21. The minimum Gasteiger partial charge on any atom is -0.478 e. The van der Waals surface area contributed by atoms with Crippen LogP contribution >= 0.6 is 15.9 Å². The number of aromatic nitrogens is 2. The van der Waals surface area contributed by atoms with Crippen LogP contribution in [-0.2, 0) is 17.9 Å². The zero-order valence-electron chi connectivity index (χ0n) is 14.3. The Balaban J connectivity index is 1.43. The molecule has 3 rings (SSSR count). The summed E-state index contributed by atoms with van der Waals surface area (Å²) in [5.74, 6) is -0.927. The zero-order valence-corrected chi connectivity index (χ0v) is 15.9. The summed E-state index contributed by atoms with van der Waals surface area (Å²) < 4.78 is 2.58. The first-order valence-corrected chi connectivity index (χ1v) is 9.31. The number of carboxylic acids is 1. The van der Waals surface area contributed by atoms with E-state index in [0.29, 0.717) is 26.1 Å². The molecule has 0 saturated carbocycles. The third-order valence-corrected chi connectivity index (χ3v) is 4.95. The summed E-state index contributed by atoms with van der Waals surface area (Å²) in [5.41, 5.74) is 1.39. The molecule has 0 unspecified atom stereocenters. The van der Waals surface area contributed by atoms with Crippen LogP contribution in [0.25, 0.3) is 0 Å². The van der Waals surface area contributed by atoms with E-state index in [-0.39, 0.29) is 11.5 Å². The summed E-state index contributed by atoms with van der Waals surface area (Å²) in [6.45, 7) is 4.40. The Labute approximate surface area is 160 Å². The maximum atomic E-state index is 12.4. The Morgan fingerprint density at radius 2 is 1.96 bits per heavy atom. The van der Waals surface area contributed by atoms with Gasteiger partial charge in [0.25, 0.3) is 0 Å². The van der Waals surface area contributed by atoms with Crippen LogP contribution in [-0.4, -0.2) is 62.7 Å². The van der Waals surface area contributed by atoms with Gasteiger partial charge in [-0.15, -0.1) is 0 Å². The summed E-state index contributed by atoms with van der Waals surface area (Å²) in [7, 11) is 0. The first-order valence-electron chi connectivity index (χ1n) is 8.51. The first-order chi connectivity index (χ1) is 12.5. The third kappa shape index (κ3) is 4.92. The van der Waals surface area contributed by atoms with Gasteiger partial charge < -0.3 is 10.0 Å². The van der Waals surface area contributed by atoms with E-state index in [4.69, 9.17) is 5.11 Å². The monoisotopic (exact) mass is 420 g/mol. The van der Waals surface area contributed by atoms with E-state index in [1.807, 2.05) is 17.0 Å². The van der Waals surface area contributed by atoms with Crippen molar-refractivity contribution in [2.24, 2.45) is 0 Å². The van der Waals surface area contributed by atoms with Gasteiger partial charge in [-0.05, 0) is 17.7 Å². The fourth-order valence-electron chi connectivity index (χ4n) is 3.01. The molecule has 26 heavy (non-hydrogen) atoms. The molecular formula is C18H21BrN4O3. The van der Waals surface area contributed by atoms with Crippen molar-refractivity contribution in [3.8, 4) is 0 Å². The predicted octanol–water partition coefficient (Wildman–Crippen LogP) is 2.08. The van der Waals surface area contributed by atoms with Crippen LogP contribution in [0, 0.1) is 0 Å². The molecule has 1 aromatic carbocycles. The van der Waals surface area contributed by atoms with Crippen molar-refractivity contribution in [1.29, 1.82) is 0 Å². The van der Waals surface area contributed by atoms with E-state index in [0.717, 1.165) is 24.1 Å². The van der Waals surface area contributed by atoms with E-state index in [1.54, 1.807) is 0 Å². The van der Waals surface area contributed by atoms with E-state index >= 15 is 0 Å². The number of halogens is 1. The Morgan fingerprint density at radius 3 is 2.62 bits per heavy atom. The summed E-state index contributed by atoms with van der Waals surface area (Å²) >= 11 is 3.49. The van der Waals surface area contributed by atoms with Crippen LogP contribution in [0.2, 0.25) is 0 Å². The largest absolute Gasteiger partial charge is 0.478 e. The molecule has 0 aliphatic carbocycles. The van der Waals surface area contributed by atoms with Crippen LogP contribution < -0.4 is 0 Å². The summed E-state index contributed by atoms with van der Waals surface area (Å²) in [6.07, 6.45) is 3.07. The van der Waals surface area contributed by atoms with Gasteiger partial charge in [-0.3, -0.25) is 14.4 Å². The van der Waals surface area contributed by atoms with Crippen molar-refractivity contribution in [3.63, 3.8) is 0 Å². The van der Waals surface area contributed by atoms with Gasteiger partial charge in [-0.1, -0.05) is 28.1 Å². The smallest absolute Gasteiger partial charge is 0.338 e. The maximum Gasteiger partial charge on any atom is 0.338 e. The molecule has 0 bridgehead atoms. The second-order valence-corrected chi connectivity index (χ2v) is 7.25. The van der Waals surface area contributed by atoms with Crippen LogP contribution in [0.1, 0.15) is 22.3 Å². The number of aryl methyl sites for hydroxylation is 1. The van der Waals surface area contributed by atoms with Crippen molar-refractivity contribution >= 4 is 27.8 Å². The fraction of sp³-hybridized carbons (Fsp3) is 0.389. The van der Waals surface area contributed by atoms with E-state index in [2.05, 4.69) is 38.1 Å². The number of aromatic carboxylic acids is 1. The molecule has 8 heteroatoms. The molecule has 1 N–H and O–H groups in total. The number of amides is 1. The zero-order chi connectivity index (χ0) is 18.5. The van der Waals surface area contributed by atoms with E-state index in [1.165, 1.54) is 22.6 Å². The van der Waals surface area contributed by atoms with E-state index in [9.17, 15) is 9.59 Å². The molecular weight excluding hydrogens is 400 g/mol. The van der Waals surface area contributed by atoms with Gasteiger partial charge in [0.2, 0.25) is 5.91 Å². The second-order valence-electron chi connectivity index (χ2n) is 6.33. The number of hydrogen-bond acceptors (Lipinski definition) is 4. The average Bonchev–Trinajstić information content (AvgIpc) is 3.10. The standard InChI is InChI=1S/C18H21BrN4O3/c19-16-3-1-2-14(10-16)12-21-6-8-22(9-7-21)17(24)4-5-23-13-15(11-20-23)18(25)26/h1-3,10-11,13H,4-9,12H2,(H,25,26). The number of carbonyl (C=O) groups is 2. The average molecular weight is 421 g/mol. The lowest BCUT2D eigenvalue weighted by Gasteiger charge is -2.34. The van der Waals surface area contributed by atoms with E-state index < -0.39 is 5.97 Å². The molecule has 1 fully saturated rings. The highest BCUT2D eigenvalue weighted by molar-refractivity contribution is 9.10. The fourth-order valence-corrected chi connectivity index (χ4v) is 3.46. The van der Waals surface area contributed by atoms with Crippen LogP contribution in [0.5, 0.6) is 0 Å². The highest BCUT2D eigenvalue weighted by atomic mass is 79.9. The van der Waals surface area contributed by atoms with Crippen molar-refractivity contribution in [3.05, 3.63) is 52.3 Å². The number of hydrogen-bond donors (Lipinski definition) is 1. The molecule has 2 aromatic rings. The quantitative estimate of drug-likeness (QED) is 0.773. The van der Waals surface area contributed by atoms with Gasteiger partial charge >= 0.3 is 5.97 Å². The number of carboxylic acid groups (broad SMARTS) is 1. The number of carbonyl (C=O) groups excluding carboxylic acids is 1. The lowest BCUT2D eigenvalue weighted by molar-refractivity contribution is -0.133. The summed E-state index contributed by atoms with van der Waals surface area (Å²) in [5, 5.41) is 12.9. The maximum absolute atomic E-state index is 12.4. The molecule has 1 saturated heterocycles. The van der Waals surface area contributed by atoms with Crippen molar-refractivity contribution in [2.45, 2.75) is 19.5 Å². The molecule has 0 atom stereocenters. The number of piperazine rings is 1. The van der Waals surface area contributed by atoms with Crippen LogP contribution in [0.4, 0.5) is 0 Å². The molecule has 1 aliphatic rings. The first kappa shape index (κ1) is 18.6. The van der Waals surface area contributed by atoms with Crippen molar-refractivity contribution < 1.29 is 14.7 Å². The van der Waals surface area contributed by atoms with Crippen LogP contribution in [0.3, 0.4) is 0 Å². The normalized spacial score (nSPS) is 15.2. The minimum absolute atomic E-state index is 0.0829. The molecule has 138 valence electrons. The van der Waals surface area contributed by atoms with Crippen molar-refractivity contribution in [1.82, 2.24) is 19.6 Å². The van der Waals surface area contributed by atoms with Crippen molar-refractivity contribution in [2.75, 3.05) is 26.2 Å². The Hall–Kier alpha value is -2.19. The minimum atomic E-state index is -1.01. The molecule has 2 heterocycles. The van der Waals surface area contributed by atoms with Gasteiger partial charge in [0, 0.05) is 56.4 Å². The number of benzene rings is 1. The van der Waals surface area contributed by atoms with Gasteiger partial charge in [-0.2, -0.15) is 5.10 Å². The van der Waals surface area contributed by atoms with Gasteiger partial charge in [0.05, 0.1) is 11.8 Å².